The standard InChI is InChI=1S/C21H13F4N2O/c22-16-6-2-1-4-12(16)11-27-17-7-3-5-15(20(26)28)19(17)14-9-8-13(10-18(14)27)21(23,24)25/h1-8,10H,11H2,(H2,26,28). The predicted molar refractivity (Wildman–Crippen MR) is 97.3 cm³/mol. The van der Waals surface area contributed by atoms with Gasteiger partial charge in [0.25, 0.3) is 0 Å². The average molecular weight is 385 g/mol. The summed E-state index contributed by atoms with van der Waals surface area (Å²) in [7, 11) is 0. The molecule has 0 fully saturated rings. The van der Waals surface area contributed by atoms with Crippen LogP contribution >= 0.6 is 0 Å². The van der Waals surface area contributed by atoms with Crippen molar-refractivity contribution in [2.75, 3.05) is 0 Å². The van der Waals surface area contributed by atoms with E-state index in [9.17, 15) is 22.4 Å². The smallest absolute Gasteiger partial charge is 0.366 e. The van der Waals surface area contributed by atoms with E-state index in [0.29, 0.717) is 21.9 Å². The Labute approximate surface area is 157 Å². The number of nitrogens with zero attached hydrogens (tertiary/aromatic N) is 1. The van der Waals surface area contributed by atoms with Gasteiger partial charge in [0, 0.05) is 21.9 Å². The molecule has 0 aliphatic rings. The molecule has 141 valence electrons. The third-order valence-electron chi connectivity index (χ3n) is 4.67. The summed E-state index contributed by atoms with van der Waals surface area (Å²) in [6, 6.07) is 15.2. The second kappa shape index (κ2) is 6.37. The monoisotopic (exact) mass is 385 g/mol. The van der Waals surface area contributed by atoms with Gasteiger partial charge in [-0.3, -0.25) is 4.79 Å². The van der Waals surface area contributed by atoms with Crippen molar-refractivity contribution in [3.63, 3.8) is 0 Å². The van der Waals surface area contributed by atoms with Gasteiger partial charge < -0.3 is 10.3 Å². The predicted octanol–water partition coefficient (Wildman–Crippen LogP) is 4.90. The van der Waals surface area contributed by atoms with Crippen LogP contribution in [0.5, 0.6) is 0 Å². The molecule has 0 aliphatic carbocycles. The van der Waals surface area contributed by atoms with E-state index in [1.165, 1.54) is 18.2 Å². The molecule has 3 aromatic carbocycles. The molecule has 28 heavy (non-hydrogen) atoms. The molecule has 1 aromatic heterocycles. The van der Waals surface area contributed by atoms with Crippen LogP contribution in [0.1, 0.15) is 21.5 Å². The molecular weight excluding hydrogens is 372 g/mol. The largest absolute Gasteiger partial charge is 0.416 e. The van der Waals surface area contributed by atoms with Crippen LogP contribution < -0.4 is 5.73 Å². The maximum atomic E-state index is 14.2. The number of primary amides is 1. The molecule has 0 atom stereocenters. The van der Waals surface area contributed by atoms with Crippen LogP contribution in [0.15, 0.2) is 54.6 Å². The van der Waals surface area contributed by atoms with E-state index < -0.39 is 23.5 Å². The lowest BCUT2D eigenvalue weighted by Crippen LogP contribution is -2.11. The van der Waals surface area contributed by atoms with Crippen molar-refractivity contribution in [1.29, 1.82) is 0 Å². The fourth-order valence-electron chi connectivity index (χ4n) is 3.39. The van der Waals surface area contributed by atoms with Gasteiger partial charge in [0.15, 0.2) is 0 Å². The van der Waals surface area contributed by atoms with Crippen molar-refractivity contribution in [1.82, 2.24) is 4.57 Å². The highest BCUT2D eigenvalue weighted by atomic mass is 19.4. The van der Waals surface area contributed by atoms with Crippen LogP contribution in [0, 0.1) is 11.9 Å². The number of benzene rings is 3. The molecule has 0 bridgehead atoms. The SMILES string of the molecule is NC(=O)c1cccc2c1c1[c]cc(C(F)(F)F)cc1n2Cc1ccccc1F. The van der Waals surface area contributed by atoms with E-state index in [4.69, 9.17) is 5.73 Å². The summed E-state index contributed by atoms with van der Waals surface area (Å²) >= 11 is 0. The Morgan fingerprint density at radius 3 is 2.50 bits per heavy atom. The van der Waals surface area contributed by atoms with Crippen LogP contribution in [0.25, 0.3) is 21.8 Å². The third-order valence-corrected chi connectivity index (χ3v) is 4.67. The number of nitrogens with two attached hydrogens (primary N) is 1. The normalized spacial score (nSPS) is 12.0. The topological polar surface area (TPSA) is 48.0 Å². The molecule has 0 saturated carbocycles. The Kier molecular flexibility index (Phi) is 4.10. The maximum absolute atomic E-state index is 14.2. The molecule has 0 spiro atoms. The van der Waals surface area contributed by atoms with Crippen LogP contribution in [-0.4, -0.2) is 10.5 Å². The summed E-state index contributed by atoms with van der Waals surface area (Å²) in [6.45, 7) is -0.00988. The quantitative estimate of drug-likeness (QED) is 0.501. The number of carbonyl (C=O) groups is 1. The zero-order valence-corrected chi connectivity index (χ0v) is 14.3. The molecule has 0 saturated heterocycles. The Morgan fingerprint density at radius 1 is 1.07 bits per heavy atom. The van der Waals surface area contributed by atoms with Crippen LogP contribution in [-0.2, 0) is 12.7 Å². The van der Waals surface area contributed by atoms with E-state index >= 15 is 0 Å². The first-order valence-corrected chi connectivity index (χ1v) is 8.34. The van der Waals surface area contributed by atoms with Crippen molar-refractivity contribution in [2.24, 2.45) is 5.73 Å². The molecule has 0 aliphatic heterocycles. The first kappa shape index (κ1) is 18.0. The molecule has 2 N–H and O–H groups in total. The first-order valence-electron chi connectivity index (χ1n) is 8.34. The molecule has 4 aromatic rings. The Balaban J connectivity index is 2.08. The number of halogens is 4. The van der Waals surface area contributed by atoms with E-state index in [-0.39, 0.29) is 17.6 Å². The number of fused-ring (bicyclic) bond motifs is 3. The van der Waals surface area contributed by atoms with Gasteiger partial charge in [0.1, 0.15) is 5.82 Å². The van der Waals surface area contributed by atoms with Gasteiger partial charge in [-0.15, -0.1) is 0 Å². The average Bonchev–Trinajstić information content (AvgIpc) is 2.96. The number of aromatic nitrogens is 1. The minimum atomic E-state index is -4.56. The fraction of sp³-hybridized carbons (Fsp3) is 0.0952. The summed E-state index contributed by atoms with van der Waals surface area (Å²) in [4.78, 5) is 11.9. The molecule has 7 heteroatoms. The van der Waals surface area contributed by atoms with Gasteiger partial charge in [-0.1, -0.05) is 24.3 Å². The molecule has 0 unspecified atom stereocenters. The first-order chi connectivity index (χ1) is 13.3. The highest BCUT2D eigenvalue weighted by Gasteiger charge is 2.31. The third kappa shape index (κ3) is 2.89. The molecule has 1 heterocycles. The summed E-state index contributed by atoms with van der Waals surface area (Å²) in [5.74, 6) is -1.18. The van der Waals surface area contributed by atoms with Crippen molar-refractivity contribution < 1.29 is 22.4 Å². The number of alkyl halides is 3. The van der Waals surface area contributed by atoms with E-state index in [1.54, 1.807) is 28.8 Å². The summed E-state index contributed by atoms with van der Waals surface area (Å²) in [5.41, 5.74) is 5.73. The zero-order chi connectivity index (χ0) is 20.1. The molecule has 1 amide bonds. The van der Waals surface area contributed by atoms with Gasteiger partial charge >= 0.3 is 6.18 Å². The highest BCUT2D eigenvalue weighted by Crippen LogP contribution is 2.36. The van der Waals surface area contributed by atoms with Crippen LogP contribution in [0.2, 0.25) is 0 Å². The molecule has 1 radical (unpaired) electrons. The van der Waals surface area contributed by atoms with Crippen molar-refractivity contribution >= 4 is 27.7 Å². The van der Waals surface area contributed by atoms with Crippen molar-refractivity contribution in [3.05, 3.63) is 83.2 Å². The maximum Gasteiger partial charge on any atom is 0.416 e. The summed E-state index contributed by atoms with van der Waals surface area (Å²) in [5, 5.41) is 0.726. The zero-order valence-electron chi connectivity index (χ0n) is 14.3. The summed E-state index contributed by atoms with van der Waals surface area (Å²) in [6.07, 6.45) is -4.56. The Hall–Kier alpha value is -3.35. The van der Waals surface area contributed by atoms with Gasteiger partial charge in [0.2, 0.25) is 5.91 Å². The molecular formula is C21H13F4N2O. The summed E-state index contributed by atoms with van der Waals surface area (Å²) < 4.78 is 55.4. The second-order valence-corrected chi connectivity index (χ2v) is 6.39. The molecule has 4 rings (SSSR count). The van der Waals surface area contributed by atoms with E-state index in [0.717, 1.165) is 12.1 Å². The number of amides is 1. The number of hydrogen-bond donors (Lipinski definition) is 1. The lowest BCUT2D eigenvalue weighted by atomic mass is 10.0. The second-order valence-electron chi connectivity index (χ2n) is 6.39. The van der Waals surface area contributed by atoms with Gasteiger partial charge in [-0.2, -0.15) is 13.2 Å². The van der Waals surface area contributed by atoms with Gasteiger partial charge in [-0.05, 0) is 36.4 Å². The van der Waals surface area contributed by atoms with Gasteiger partial charge in [0.05, 0.1) is 23.1 Å². The van der Waals surface area contributed by atoms with Crippen LogP contribution in [0.3, 0.4) is 0 Å². The lowest BCUT2D eigenvalue weighted by molar-refractivity contribution is -0.137. The highest BCUT2D eigenvalue weighted by molar-refractivity contribution is 6.17. The number of rotatable bonds is 3. The number of hydrogen-bond acceptors (Lipinski definition) is 1. The fourth-order valence-corrected chi connectivity index (χ4v) is 3.39. The van der Waals surface area contributed by atoms with Gasteiger partial charge in [-0.25, -0.2) is 4.39 Å². The molecule has 3 nitrogen and oxygen atoms in total. The van der Waals surface area contributed by atoms with E-state index in [1.807, 2.05) is 0 Å². The minimum absolute atomic E-state index is 0.00988. The van der Waals surface area contributed by atoms with Crippen molar-refractivity contribution in [2.45, 2.75) is 12.7 Å². The Morgan fingerprint density at radius 2 is 1.82 bits per heavy atom. The Bertz CT molecular complexity index is 1220. The minimum Gasteiger partial charge on any atom is -0.366 e. The number of carbonyl (C=O) groups excluding carboxylic acids is 1. The van der Waals surface area contributed by atoms with E-state index in [2.05, 4.69) is 6.07 Å². The van der Waals surface area contributed by atoms with Crippen LogP contribution in [0.4, 0.5) is 17.6 Å². The lowest BCUT2D eigenvalue weighted by Gasteiger charge is -2.11. The van der Waals surface area contributed by atoms with Crippen molar-refractivity contribution in [3.8, 4) is 0 Å².